The van der Waals surface area contributed by atoms with Crippen molar-refractivity contribution in [3.63, 3.8) is 0 Å². The molecule has 2 N–H and O–H groups in total. The molecule has 1 fully saturated rings. The molecule has 0 spiro atoms. The lowest BCUT2D eigenvalue weighted by Crippen LogP contribution is -2.42. The van der Waals surface area contributed by atoms with E-state index in [1.165, 1.54) is 24.8 Å². The Bertz CT molecular complexity index is 706. The number of aliphatic imine (C=N–C) groups is 1. The predicted molar refractivity (Wildman–Crippen MR) is 103 cm³/mol. The van der Waals surface area contributed by atoms with Gasteiger partial charge >= 0.3 is 0 Å². The molecule has 1 aromatic heterocycles. The lowest BCUT2D eigenvalue weighted by atomic mass is 9.64. The van der Waals surface area contributed by atoms with E-state index >= 15 is 0 Å². The fourth-order valence-electron chi connectivity index (χ4n) is 3.39. The lowest BCUT2D eigenvalue weighted by molar-refractivity contribution is 0.253. The molecule has 1 saturated carbocycles. The molecule has 6 nitrogen and oxygen atoms in total. The number of rotatable bonds is 8. The summed E-state index contributed by atoms with van der Waals surface area (Å²) in [6.07, 6.45) is 5.43. The fraction of sp³-hybridized carbons (Fsp3) is 0.550. The number of hydrogen-bond acceptors (Lipinski definition) is 4. The molecule has 26 heavy (non-hydrogen) atoms. The summed E-state index contributed by atoms with van der Waals surface area (Å²) in [7, 11) is 0. The topological polar surface area (TPSA) is 75.3 Å². The number of nitrogens with one attached hydrogen (secondary N) is 2. The van der Waals surface area contributed by atoms with Crippen molar-refractivity contribution in [1.82, 2.24) is 20.8 Å². The third kappa shape index (κ3) is 4.62. The van der Waals surface area contributed by atoms with Crippen molar-refractivity contribution < 1.29 is 4.52 Å². The first-order valence-electron chi connectivity index (χ1n) is 9.59. The third-order valence-electron chi connectivity index (χ3n) is 5.01. The SMILES string of the molecule is CCNC(=NCC1(c2ccccc2)CCC1)NCCCc1nc(C)no1. The van der Waals surface area contributed by atoms with E-state index in [4.69, 9.17) is 9.52 Å². The fourth-order valence-corrected chi connectivity index (χ4v) is 3.39. The average Bonchev–Trinajstić information content (AvgIpc) is 3.04. The van der Waals surface area contributed by atoms with Gasteiger partial charge in [0.1, 0.15) is 0 Å². The molecular weight excluding hydrogens is 326 g/mol. The van der Waals surface area contributed by atoms with Crippen LogP contribution in [-0.4, -0.2) is 35.7 Å². The van der Waals surface area contributed by atoms with Crippen LogP contribution in [0.1, 0.15) is 49.9 Å². The Morgan fingerprint density at radius 2 is 2.04 bits per heavy atom. The van der Waals surface area contributed by atoms with Gasteiger partial charge in [0.15, 0.2) is 11.8 Å². The van der Waals surface area contributed by atoms with Crippen molar-refractivity contribution in [1.29, 1.82) is 0 Å². The molecule has 2 aromatic rings. The molecule has 1 aliphatic rings. The molecule has 0 radical (unpaired) electrons. The summed E-state index contributed by atoms with van der Waals surface area (Å²) in [6.45, 7) is 6.44. The van der Waals surface area contributed by atoms with Crippen LogP contribution in [0.25, 0.3) is 0 Å². The number of benzene rings is 1. The first kappa shape index (κ1) is 18.4. The molecule has 1 aromatic carbocycles. The standard InChI is InChI=1S/C20H29N5O/c1-3-21-19(22-14-7-11-18-24-16(2)25-26-18)23-15-20(12-8-13-20)17-9-5-4-6-10-17/h4-6,9-10H,3,7-8,11-15H2,1-2H3,(H2,21,22,23). The van der Waals surface area contributed by atoms with Crippen LogP contribution in [0.5, 0.6) is 0 Å². The summed E-state index contributed by atoms with van der Waals surface area (Å²) in [5.41, 5.74) is 1.63. The maximum atomic E-state index is 5.15. The zero-order valence-corrected chi connectivity index (χ0v) is 15.8. The maximum Gasteiger partial charge on any atom is 0.226 e. The van der Waals surface area contributed by atoms with Crippen LogP contribution in [0.15, 0.2) is 39.8 Å². The van der Waals surface area contributed by atoms with Gasteiger partial charge in [-0.3, -0.25) is 4.99 Å². The zero-order chi connectivity index (χ0) is 18.2. The van der Waals surface area contributed by atoms with Crippen molar-refractivity contribution in [3.8, 4) is 0 Å². The molecule has 0 atom stereocenters. The van der Waals surface area contributed by atoms with Gasteiger partial charge in [-0.1, -0.05) is 41.9 Å². The first-order valence-corrected chi connectivity index (χ1v) is 9.59. The number of aromatic nitrogens is 2. The molecule has 0 aliphatic heterocycles. The Balaban J connectivity index is 1.53. The van der Waals surface area contributed by atoms with Crippen molar-refractivity contribution >= 4 is 5.96 Å². The second-order valence-electron chi connectivity index (χ2n) is 6.96. The number of guanidine groups is 1. The highest BCUT2D eigenvalue weighted by Crippen LogP contribution is 2.43. The van der Waals surface area contributed by atoms with Gasteiger partial charge in [0.2, 0.25) is 5.89 Å². The quantitative estimate of drug-likeness (QED) is 0.432. The van der Waals surface area contributed by atoms with Gasteiger partial charge in [0.25, 0.3) is 0 Å². The van der Waals surface area contributed by atoms with Crippen LogP contribution in [0, 0.1) is 6.92 Å². The highest BCUT2D eigenvalue weighted by atomic mass is 16.5. The molecule has 140 valence electrons. The molecule has 3 rings (SSSR count). The maximum absolute atomic E-state index is 5.15. The van der Waals surface area contributed by atoms with E-state index in [1.54, 1.807) is 0 Å². The Kier molecular flexibility index (Phi) is 6.26. The van der Waals surface area contributed by atoms with Crippen LogP contribution in [0.2, 0.25) is 0 Å². The van der Waals surface area contributed by atoms with Gasteiger partial charge in [-0.2, -0.15) is 4.98 Å². The van der Waals surface area contributed by atoms with E-state index in [9.17, 15) is 0 Å². The Morgan fingerprint density at radius 1 is 1.23 bits per heavy atom. The van der Waals surface area contributed by atoms with Gasteiger partial charge in [-0.25, -0.2) is 0 Å². The van der Waals surface area contributed by atoms with E-state index < -0.39 is 0 Å². The molecule has 0 bridgehead atoms. The van der Waals surface area contributed by atoms with Gasteiger partial charge in [-0.05, 0) is 38.7 Å². The largest absolute Gasteiger partial charge is 0.357 e. The Labute approximate surface area is 155 Å². The summed E-state index contributed by atoms with van der Waals surface area (Å²) in [6, 6.07) is 10.8. The smallest absolute Gasteiger partial charge is 0.226 e. The predicted octanol–water partition coefficient (Wildman–Crippen LogP) is 2.99. The lowest BCUT2D eigenvalue weighted by Gasteiger charge is -2.41. The van der Waals surface area contributed by atoms with Crippen LogP contribution in [0.4, 0.5) is 0 Å². The molecule has 0 unspecified atom stereocenters. The highest BCUT2D eigenvalue weighted by molar-refractivity contribution is 5.79. The normalized spacial score (nSPS) is 16.2. The molecule has 0 saturated heterocycles. The summed E-state index contributed by atoms with van der Waals surface area (Å²) >= 11 is 0. The monoisotopic (exact) mass is 355 g/mol. The second-order valence-corrected chi connectivity index (χ2v) is 6.96. The molecule has 1 heterocycles. The summed E-state index contributed by atoms with van der Waals surface area (Å²) in [5, 5.41) is 10.6. The van der Waals surface area contributed by atoms with E-state index in [2.05, 4.69) is 58.0 Å². The van der Waals surface area contributed by atoms with Crippen LogP contribution in [-0.2, 0) is 11.8 Å². The Morgan fingerprint density at radius 3 is 2.65 bits per heavy atom. The Hall–Kier alpha value is -2.37. The third-order valence-corrected chi connectivity index (χ3v) is 5.01. The summed E-state index contributed by atoms with van der Waals surface area (Å²) in [4.78, 5) is 9.11. The van der Waals surface area contributed by atoms with E-state index in [0.29, 0.717) is 11.7 Å². The second kappa shape index (κ2) is 8.83. The van der Waals surface area contributed by atoms with Gasteiger partial charge in [-0.15, -0.1) is 0 Å². The minimum atomic E-state index is 0.213. The van der Waals surface area contributed by atoms with Gasteiger partial charge < -0.3 is 15.2 Å². The van der Waals surface area contributed by atoms with Crippen molar-refractivity contribution in [2.75, 3.05) is 19.6 Å². The van der Waals surface area contributed by atoms with Crippen LogP contribution >= 0.6 is 0 Å². The van der Waals surface area contributed by atoms with E-state index in [-0.39, 0.29) is 5.41 Å². The molecule has 1 aliphatic carbocycles. The molecule has 0 amide bonds. The number of nitrogens with zero attached hydrogens (tertiary/aromatic N) is 3. The first-order chi connectivity index (χ1) is 12.7. The summed E-state index contributed by atoms with van der Waals surface area (Å²) < 4.78 is 5.15. The number of hydrogen-bond donors (Lipinski definition) is 2. The van der Waals surface area contributed by atoms with E-state index in [1.807, 2.05) is 6.92 Å². The van der Waals surface area contributed by atoms with Crippen LogP contribution in [0.3, 0.4) is 0 Å². The van der Waals surface area contributed by atoms with Crippen molar-refractivity contribution in [3.05, 3.63) is 47.6 Å². The van der Waals surface area contributed by atoms with Crippen LogP contribution < -0.4 is 10.6 Å². The minimum Gasteiger partial charge on any atom is -0.357 e. The molecular formula is C20H29N5O. The average molecular weight is 355 g/mol. The molecule has 6 heteroatoms. The van der Waals surface area contributed by atoms with Crippen molar-refractivity contribution in [2.45, 2.75) is 51.4 Å². The van der Waals surface area contributed by atoms with Crippen molar-refractivity contribution in [2.24, 2.45) is 4.99 Å². The minimum absolute atomic E-state index is 0.213. The zero-order valence-electron chi connectivity index (χ0n) is 15.8. The van der Waals surface area contributed by atoms with Gasteiger partial charge in [0, 0.05) is 24.9 Å². The summed E-state index contributed by atoms with van der Waals surface area (Å²) in [5.74, 6) is 2.27. The van der Waals surface area contributed by atoms with Gasteiger partial charge in [0.05, 0.1) is 6.54 Å². The highest BCUT2D eigenvalue weighted by Gasteiger charge is 2.38. The van der Waals surface area contributed by atoms with E-state index in [0.717, 1.165) is 38.4 Å². The number of aryl methyl sites for hydroxylation is 2.